The molecule has 0 fully saturated rings. The number of H-pyrrole nitrogens is 1. The van der Waals surface area contributed by atoms with Crippen molar-refractivity contribution in [1.82, 2.24) is 10.3 Å². The van der Waals surface area contributed by atoms with Crippen LogP contribution in [0.5, 0.6) is 5.75 Å². The molecule has 0 radical (unpaired) electrons. The second kappa shape index (κ2) is 7.22. The summed E-state index contributed by atoms with van der Waals surface area (Å²) < 4.78 is 6.11. The van der Waals surface area contributed by atoms with Gasteiger partial charge < -0.3 is 15.0 Å². The standard InChI is InChI=1S/C17H20N2O2S/c1-11(2)21-14-7-4-6-13(10-14)12(3)19-16(20)15-8-5-9-18-17(15)22/h4-12H,1-3H3,(H,18,22)(H,19,20). The Morgan fingerprint density at radius 1 is 1.23 bits per heavy atom. The molecule has 0 saturated carbocycles. The third-order valence-electron chi connectivity index (χ3n) is 3.14. The van der Waals surface area contributed by atoms with Gasteiger partial charge in [0.25, 0.3) is 5.91 Å². The number of amides is 1. The molecule has 0 aliphatic carbocycles. The zero-order valence-corrected chi connectivity index (χ0v) is 13.7. The normalized spacial score (nSPS) is 12.0. The van der Waals surface area contributed by atoms with Gasteiger partial charge in [-0.05, 0) is 50.6 Å². The maximum absolute atomic E-state index is 12.3. The molecule has 4 nitrogen and oxygen atoms in total. The number of pyridine rings is 1. The minimum atomic E-state index is -0.190. The SMILES string of the molecule is CC(C)Oc1cccc(C(C)NC(=O)c2ccc[nH]c2=S)c1. The molecular weight excluding hydrogens is 296 g/mol. The van der Waals surface area contributed by atoms with Crippen LogP contribution in [0.15, 0.2) is 42.6 Å². The van der Waals surface area contributed by atoms with Crippen molar-refractivity contribution in [3.63, 3.8) is 0 Å². The zero-order chi connectivity index (χ0) is 16.1. The first kappa shape index (κ1) is 16.2. The summed E-state index contributed by atoms with van der Waals surface area (Å²) in [7, 11) is 0. The van der Waals surface area contributed by atoms with Crippen LogP contribution in [0, 0.1) is 4.64 Å². The van der Waals surface area contributed by atoms with Gasteiger partial charge in [-0.25, -0.2) is 0 Å². The first-order valence-corrected chi connectivity index (χ1v) is 7.63. The van der Waals surface area contributed by atoms with Crippen LogP contribution in [-0.2, 0) is 0 Å². The average molecular weight is 316 g/mol. The molecule has 2 N–H and O–H groups in total. The Kier molecular flexibility index (Phi) is 5.33. The predicted molar refractivity (Wildman–Crippen MR) is 89.7 cm³/mol. The minimum absolute atomic E-state index is 0.114. The Balaban J connectivity index is 2.12. The third kappa shape index (κ3) is 4.18. The van der Waals surface area contributed by atoms with Crippen LogP contribution in [0.25, 0.3) is 0 Å². The quantitative estimate of drug-likeness (QED) is 0.819. The van der Waals surface area contributed by atoms with E-state index in [0.717, 1.165) is 11.3 Å². The van der Waals surface area contributed by atoms with Crippen LogP contribution < -0.4 is 10.1 Å². The van der Waals surface area contributed by atoms with Crippen LogP contribution >= 0.6 is 12.2 Å². The number of hydrogen-bond acceptors (Lipinski definition) is 3. The van der Waals surface area contributed by atoms with E-state index in [0.29, 0.717) is 10.2 Å². The van der Waals surface area contributed by atoms with Gasteiger partial charge in [-0.1, -0.05) is 24.4 Å². The first-order valence-electron chi connectivity index (χ1n) is 7.22. The predicted octanol–water partition coefficient (Wildman–Crippen LogP) is 4.02. The summed E-state index contributed by atoms with van der Waals surface area (Å²) in [6.45, 7) is 5.89. The number of carbonyl (C=O) groups excluding carboxylic acids is 1. The van der Waals surface area contributed by atoms with Crippen molar-refractivity contribution in [3.8, 4) is 5.75 Å². The summed E-state index contributed by atoms with van der Waals surface area (Å²) in [5, 5.41) is 2.95. The van der Waals surface area contributed by atoms with Crippen molar-refractivity contribution < 1.29 is 9.53 Å². The van der Waals surface area contributed by atoms with Crippen molar-refractivity contribution in [2.24, 2.45) is 0 Å². The topological polar surface area (TPSA) is 54.1 Å². The Hall–Kier alpha value is -2.14. The van der Waals surface area contributed by atoms with Crippen LogP contribution in [0.3, 0.4) is 0 Å². The van der Waals surface area contributed by atoms with Crippen molar-refractivity contribution in [3.05, 3.63) is 58.4 Å². The van der Waals surface area contributed by atoms with E-state index >= 15 is 0 Å². The van der Waals surface area contributed by atoms with Gasteiger partial charge in [0, 0.05) is 6.20 Å². The molecule has 1 aromatic heterocycles. The monoisotopic (exact) mass is 316 g/mol. The largest absolute Gasteiger partial charge is 0.491 e. The maximum Gasteiger partial charge on any atom is 0.254 e. The maximum atomic E-state index is 12.3. The summed E-state index contributed by atoms with van der Waals surface area (Å²) in [5.41, 5.74) is 1.45. The number of carbonyl (C=O) groups is 1. The fourth-order valence-electron chi connectivity index (χ4n) is 2.09. The van der Waals surface area contributed by atoms with E-state index in [1.165, 1.54) is 0 Å². The lowest BCUT2D eigenvalue weighted by Gasteiger charge is -2.16. The summed E-state index contributed by atoms with van der Waals surface area (Å²) in [5.74, 6) is 0.607. The molecular formula is C17H20N2O2S. The Morgan fingerprint density at radius 3 is 2.68 bits per heavy atom. The van der Waals surface area contributed by atoms with E-state index in [4.69, 9.17) is 17.0 Å². The summed E-state index contributed by atoms with van der Waals surface area (Å²) >= 11 is 5.13. The van der Waals surface area contributed by atoms with E-state index in [2.05, 4.69) is 10.3 Å². The molecule has 0 aliphatic rings. The highest BCUT2D eigenvalue weighted by atomic mass is 32.1. The third-order valence-corrected chi connectivity index (χ3v) is 3.48. The van der Waals surface area contributed by atoms with Gasteiger partial charge in [0.05, 0.1) is 17.7 Å². The summed E-state index contributed by atoms with van der Waals surface area (Å²) in [4.78, 5) is 15.1. The van der Waals surface area contributed by atoms with E-state index in [-0.39, 0.29) is 18.1 Å². The zero-order valence-electron chi connectivity index (χ0n) is 12.9. The average Bonchev–Trinajstić information content (AvgIpc) is 2.47. The fraction of sp³-hybridized carbons (Fsp3) is 0.294. The summed E-state index contributed by atoms with van der Waals surface area (Å²) in [6.07, 6.45) is 1.82. The van der Waals surface area contributed by atoms with Gasteiger partial charge in [0.2, 0.25) is 0 Å². The lowest BCUT2D eigenvalue weighted by molar-refractivity contribution is 0.0939. The van der Waals surface area contributed by atoms with E-state index in [9.17, 15) is 4.79 Å². The number of ether oxygens (including phenoxy) is 1. The van der Waals surface area contributed by atoms with Crippen LogP contribution in [0.2, 0.25) is 0 Å². The number of hydrogen-bond donors (Lipinski definition) is 2. The first-order chi connectivity index (χ1) is 10.5. The number of nitrogens with one attached hydrogen (secondary N) is 2. The molecule has 116 valence electrons. The van der Waals surface area contributed by atoms with Gasteiger partial charge in [-0.3, -0.25) is 4.79 Å². The highest BCUT2D eigenvalue weighted by Gasteiger charge is 2.13. The smallest absolute Gasteiger partial charge is 0.254 e. The molecule has 2 aromatic rings. The van der Waals surface area contributed by atoms with Crippen molar-refractivity contribution in [2.45, 2.75) is 32.9 Å². The van der Waals surface area contributed by atoms with Crippen molar-refractivity contribution >= 4 is 18.1 Å². The second-order valence-electron chi connectivity index (χ2n) is 5.35. The van der Waals surface area contributed by atoms with Gasteiger partial charge in [0.15, 0.2) is 0 Å². The molecule has 0 spiro atoms. The van der Waals surface area contributed by atoms with Gasteiger partial charge >= 0.3 is 0 Å². The molecule has 22 heavy (non-hydrogen) atoms. The van der Waals surface area contributed by atoms with Gasteiger partial charge in [-0.15, -0.1) is 0 Å². The molecule has 1 atom stereocenters. The number of benzene rings is 1. The van der Waals surface area contributed by atoms with E-state index in [1.54, 1.807) is 18.3 Å². The Morgan fingerprint density at radius 2 is 2.00 bits per heavy atom. The van der Waals surface area contributed by atoms with Gasteiger partial charge in [-0.2, -0.15) is 0 Å². The van der Waals surface area contributed by atoms with Crippen molar-refractivity contribution in [1.29, 1.82) is 0 Å². The molecule has 5 heteroatoms. The highest BCUT2D eigenvalue weighted by molar-refractivity contribution is 7.71. The number of aromatic nitrogens is 1. The molecule has 0 bridgehead atoms. The molecule has 0 saturated heterocycles. The minimum Gasteiger partial charge on any atom is -0.491 e. The highest BCUT2D eigenvalue weighted by Crippen LogP contribution is 2.20. The number of aromatic amines is 1. The van der Waals surface area contributed by atoms with Crippen LogP contribution in [0.1, 0.15) is 42.7 Å². The van der Waals surface area contributed by atoms with Crippen LogP contribution in [0.4, 0.5) is 0 Å². The molecule has 1 aromatic carbocycles. The molecule has 0 aliphatic heterocycles. The van der Waals surface area contributed by atoms with E-state index < -0.39 is 0 Å². The van der Waals surface area contributed by atoms with E-state index in [1.807, 2.05) is 45.0 Å². The Labute approximate surface area is 135 Å². The van der Waals surface area contributed by atoms with Crippen LogP contribution in [-0.4, -0.2) is 17.0 Å². The lowest BCUT2D eigenvalue weighted by atomic mass is 10.1. The second-order valence-corrected chi connectivity index (χ2v) is 5.76. The molecule has 2 rings (SSSR count). The molecule has 1 amide bonds. The summed E-state index contributed by atoms with van der Waals surface area (Å²) in [6, 6.07) is 11.1. The van der Waals surface area contributed by atoms with Gasteiger partial charge in [0.1, 0.15) is 10.4 Å². The number of rotatable bonds is 5. The van der Waals surface area contributed by atoms with Crippen molar-refractivity contribution in [2.75, 3.05) is 0 Å². The lowest BCUT2D eigenvalue weighted by Crippen LogP contribution is -2.27. The Bertz CT molecular complexity index is 710. The molecule has 1 unspecified atom stereocenters. The fourth-order valence-corrected chi connectivity index (χ4v) is 2.32. The molecule has 1 heterocycles.